The maximum atomic E-state index is 5.71. The van der Waals surface area contributed by atoms with Gasteiger partial charge in [-0.3, -0.25) is 0 Å². The van der Waals surface area contributed by atoms with Gasteiger partial charge in [0, 0.05) is 6.04 Å². The summed E-state index contributed by atoms with van der Waals surface area (Å²) in [5.41, 5.74) is 6.29. The predicted octanol–water partition coefficient (Wildman–Crippen LogP) is 1.98. The summed E-state index contributed by atoms with van der Waals surface area (Å²) in [5.74, 6) is 3.80. The molecule has 1 aliphatic heterocycles. The molecular weight excluding hydrogens is 222 g/mol. The van der Waals surface area contributed by atoms with Crippen molar-refractivity contribution in [1.82, 2.24) is 4.98 Å². The van der Waals surface area contributed by atoms with E-state index < -0.39 is 0 Å². The van der Waals surface area contributed by atoms with Gasteiger partial charge in [-0.2, -0.15) is 16.7 Å². The van der Waals surface area contributed by atoms with Gasteiger partial charge in [0.15, 0.2) is 0 Å². The molecule has 3 N–H and O–H groups in total. The molecule has 2 heterocycles. The number of rotatable bonds is 3. The molecule has 16 heavy (non-hydrogen) atoms. The number of nitrogen functional groups attached to an aromatic ring is 1. The van der Waals surface area contributed by atoms with Crippen LogP contribution in [-0.2, 0) is 0 Å². The van der Waals surface area contributed by atoms with E-state index in [0.29, 0.717) is 17.6 Å². The molecule has 2 rings (SSSR count). The molecule has 1 aromatic heterocycles. The van der Waals surface area contributed by atoms with E-state index in [2.05, 4.69) is 10.3 Å². The van der Waals surface area contributed by atoms with Crippen LogP contribution in [0.1, 0.15) is 12.8 Å². The quantitative estimate of drug-likeness (QED) is 0.844. The highest BCUT2D eigenvalue weighted by Gasteiger charge is 2.14. The van der Waals surface area contributed by atoms with E-state index in [-0.39, 0.29) is 0 Å². The Bertz CT molecular complexity index is 353. The Labute approximate surface area is 100.0 Å². The Morgan fingerprint density at radius 2 is 2.19 bits per heavy atom. The van der Waals surface area contributed by atoms with Crippen LogP contribution in [0.25, 0.3) is 0 Å². The van der Waals surface area contributed by atoms with Crippen molar-refractivity contribution in [2.24, 2.45) is 0 Å². The lowest BCUT2D eigenvalue weighted by atomic mass is 10.1. The normalized spacial score (nSPS) is 17.1. The van der Waals surface area contributed by atoms with E-state index in [4.69, 9.17) is 10.5 Å². The molecule has 1 saturated heterocycles. The van der Waals surface area contributed by atoms with Crippen molar-refractivity contribution in [2.75, 3.05) is 29.7 Å². The number of hydrogen-bond acceptors (Lipinski definition) is 5. The molecule has 1 fully saturated rings. The minimum atomic E-state index is 0.496. The number of ether oxygens (including phenoxy) is 1. The fraction of sp³-hybridized carbons (Fsp3) is 0.545. The number of pyridine rings is 1. The van der Waals surface area contributed by atoms with Crippen LogP contribution >= 0.6 is 11.8 Å². The predicted molar refractivity (Wildman–Crippen MR) is 69.2 cm³/mol. The van der Waals surface area contributed by atoms with Crippen LogP contribution in [0.15, 0.2) is 12.1 Å². The van der Waals surface area contributed by atoms with Gasteiger partial charge in [-0.05, 0) is 36.5 Å². The van der Waals surface area contributed by atoms with E-state index in [0.717, 1.165) is 5.82 Å². The molecular formula is C11H17N3OS. The van der Waals surface area contributed by atoms with E-state index in [1.54, 1.807) is 7.11 Å². The Kier molecular flexibility index (Phi) is 3.77. The van der Waals surface area contributed by atoms with Gasteiger partial charge in [-0.15, -0.1) is 0 Å². The minimum absolute atomic E-state index is 0.496. The zero-order valence-corrected chi connectivity index (χ0v) is 10.2. The molecule has 0 spiro atoms. The molecule has 0 atom stereocenters. The van der Waals surface area contributed by atoms with Gasteiger partial charge in [-0.1, -0.05) is 0 Å². The average Bonchev–Trinajstić information content (AvgIpc) is 2.33. The molecule has 1 aliphatic rings. The third kappa shape index (κ3) is 2.72. The first-order valence-corrected chi connectivity index (χ1v) is 6.60. The van der Waals surface area contributed by atoms with Crippen molar-refractivity contribution in [3.8, 4) is 5.88 Å². The van der Waals surface area contributed by atoms with Crippen LogP contribution < -0.4 is 15.8 Å². The largest absolute Gasteiger partial charge is 0.479 e. The lowest BCUT2D eigenvalue weighted by molar-refractivity contribution is 0.400. The highest BCUT2D eigenvalue weighted by molar-refractivity contribution is 7.99. The molecule has 0 amide bonds. The smallest absolute Gasteiger partial charge is 0.238 e. The summed E-state index contributed by atoms with van der Waals surface area (Å²) < 4.78 is 5.09. The van der Waals surface area contributed by atoms with Crippen LogP contribution in [0, 0.1) is 0 Å². The van der Waals surface area contributed by atoms with Gasteiger partial charge in [0.2, 0.25) is 5.88 Å². The maximum absolute atomic E-state index is 5.71. The molecule has 0 saturated carbocycles. The van der Waals surface area contributed by atoms with Gasteiger partial charge >= 0.3 is 0 Å². The van der Waals surface area contributed by atoms with Crippen molar-refractivity contribution < 1.29 is 4.74 Å². The SMILES string of the molecule is COc1nc(NC2CCSCC2)ccc1N. The van der Waals surface area contributed by atoms with Crippen LogP contribution in [0.2, 0.25) is 0 Å². The van der Waals surface area contributed by atoms with Gasteiger partial charge in [0.1, 0.15) is 5.82 Å². The fourth-order valence-electron chi connectivity index (χ4n) is 1.75. The monoisotopic (exact) mass is 239 g/mol. The van der Waals surface area contributed by atoms with Crippen molar-refractivity contribution >= 4 is 23.3 Å². The van der Waals surface area contributed by atoms with Crippen LogP contribution in [-0.4, -0.2) is 29.6 Å². The van der Waals surface area contributed by atoms with Gasteiger partial charge in [0.25, 0.3) is 0 Å². The first kappa shape index (κ1) is 11.4. The second kappa shape index (κ2) is 5.30. The molecule has 0 aromatic carbocycles. The third-order valence-electron chi connectivity index (χ3n) is 2.66. The Morgan fingerprint density at radius 1 is 1.44 bits per heavy atom. The zero-order valence-electron chi connectivity index (χ0n) is 9.40. The Hall–Kier alpha value is -1.10. The topological polar surface area (TPSA) is 60.2 Å². The number of aromatic nitrogens is 1. The Balaban J connectivity index is 2.03. The van der Waals surface area contributed by atoms with Crippen LogP contribution in [0.5, 0.6) is 5.88 Å². The van der Waals surface area contributed by atoms with Crippen molar-refractivity contribution in [1.29, 1.82) is 0 Å². The number of nitrogens with one attached hydrogen (secondary N) is 1. The number of methoxy groups -OCH3 is 1. The van der Waals surface area contributed by atoms with E-state index in [1.165, 1.54) is 24.3 Å². The van der Waals surface area contributed by atoms with Crippen LogP contribution in [0.4, 0.5) is 11.5 Å². The minimum Gasteiger partial charge on any atom is -0.479 e. The van der Waals surface area contributed by atoms with Gasteiger partial charge < -0.3 is 15.8 Å². The summed E-state index contributed by atoms with van der Waals surface area (Å²) in [6.07, 6.45) is 2.39. The fourth-order valence-corrected chi connectivity index (χ4v) is 2.85. The zero-order chi connectivity index (χ0) is 11.4. The van der Waals surface area contributed by atoms with Crippen molar-refractivity contribution in [3.63, 3.8) is 0 Å². The number of anilines is 2. The molecule has 0 radical (unpaired) electrons. The molecule has 4 nitrogen and oxygen atoms in total. The van der Waals surface area contributed by atoms with Gasteiger partial charge in [-0.25, -0.2) is 0 Å². The summed E-state index contributed by atoms with van der Waals surface area (Å²) in [7, 11) is 1.58. The summed E-state index contributed by atoms with van der Waals surface area (Å²) in [5, 5.41) is 3.42. The standard InChI is InChI=1S/C11H17N3OS/c1-15-11-9(12)2-3-10(14-11)13-8-4-6-16-7-5-8/h2-3,8H,4-7,12H2,1H3,(H,13,14). The lowest BCUT2D eigenvalue weighted by Gasteiger charge is -2.23. The third-order valence-corrected chi connectivity index (χ3v) is 3.71. The maximum Gasteiger partial charge on any atom is 0.238 e. The van der Waals surface area contributed by atoms with Crippen molar-refractivity contribution in [2.45, 2.75) is 18.9 Å². The van der Waals surface area contributed by atoms with E-state index >= 15 is 0 Å². The highest BCUT2D eigenvalue weighted by atomic mass is 32.2. The average molecular weight is 239 g/mol. The molecule has 0 bridgehead atoms. The van der Waals surface area contributed by atoms with E-state index in [1.807, 2.05) is 23.9 Å². The summed E-state index contributed by atoms with van der Waals surface area (Å²) in [4.78, 5) is 4.32. The first-order chi connectivity index (χ1) is 7.79. The number of nitrogens with zero attached hydrogens (tertiary/aromatic N) is 1. The molecule has 0 aliphatic carbocycles. The lowest BCUT2D eigenvalue weighted by Crippen LogP contribution is -2.25. The second-order valence-corrected chi connectivity index (χ2v) is 5.05. The molecule has 88 valence electrons. The van der Waals surface area contributed by atoms with Crippen LogP contribution in [0.3, 0.4) is 0 Å². The molecule has 0 unspecified atom stereocenters. The second-order valence-electron chi connectivity index (χ2n) is 3.83. The number of thioether (sulfide) groups is 1. The summed E-state index contributed by atoms with van der Waals surface area (Å²) >= 11 is 2.01. The highest BCUT2D eigenvalue weighted by Crippen LogP contribution is 2.23. The van der Waals surface area contributed by atoms with E-state index in [9.17, 15) is 0 Å². The Morgan fingerprint density at radius 3 is 2.88 bits per heavy atom. The number of nitrogens with two attached hydrogens (primary N) is 1. The van der Waals surface area contributed by atoms with Crippen molar-refractivity contribution in [3.05, 3.63) is 12.1 Å². The van der Waals surface area contributed by atoms with Gasteiger partial charge in [0.05, 0.1) is 12.8 Å². The first-order valence-electron chi connectivity index (χ1n) is 5.44. The molecule has 1 aromatic rings. The number of hydrogen-bond donors (Lipinski definition) is 2. The summed E-state index contributed by atoms with van der Waals surface area (Å²) in [6.45, 7) is 0. The molecule has 5 heteroatoms. The summed E-state index contributed by atoms with van der Waals surface area (Å²) in [6, 6.07) is 4.26.